The number of piperazine rings is 1. The lowest BCUT2D eigenvalue weighted by molar-refractivity contribution is -0.123. The molecule has 0 aromatic heterocycles. The van der Waals surface area contributed by atoms with E-state index < -0.39 is 0 Å². The summed E-state index contributed by atoms with van der Waals surface area (Å²) in [5, 5.41) is 5.30. The molecule has 4 rings (SSSR count). The lowest BCUT2D eigenvalue weighted by atomic mass is 9.99. The monoisotopic (exact) mass is 365 g/mol. The number of amides is 2. The molecule has 2 aliphatic rings. The molecule has 142 valence electrons. The number of hydrogen-bond acceptors (Lipinski definition) is 3. The Kier molecular flexibility index (Phi) is 4.87. The molecule has 1 aliphatic carbocycles. The predicted molar refractivity (Wildman–Crippen MR) is 107 cm³/mol. The Morgan fingerprint density at radius 2 is 1.70 bits per heavy atom. The predicted octanol–water partition coefficient (Wildman–Crippen LogP) is 2.22. The SMILES string of the molecule is CC(C)NC(=O)CN1CCN(C(=O)c2ccc3c4c(cccc24)CC3)CC1. The van der Waals surface area contributed by atoms with Crippen molar-refractivity contribution < 1.29 is 9.59 Å². The van der Waals surface area contributed by atoms with Crippen molar-refractivity contribution in [3.63, 3.8) is 0 Å². The van der Waals surface area contributed by atoms with E-state index in [0.717, 1.165) is 36.9 Å². The topological polar surface area (TPSA) is 52.7 Å². The van der Waals surface area contributed by atoms with Crippen molar-refractivity contribution >= 4 is 22.6 Å². The quantitative estimate of drug-likeness (QED) is 0.904. The summed E-state index contributed by atoms with van der Waals surface area (Å²) in [4.78, 5) is 29.1. The fourth-order valence-corrected chi connectivity index (χ4v) is 4.28. The second kappa shape index (κ2) is 7.31. The van der Waals surface area contributed by atoms with Crippen LogP contribution in [0.1, 0.15) is 35.3 Å². The molecule has 0 spiro atoms. The van der Waals surface area contributed by atoms with E-state index in [1.54, 1.807) is 0 Å². The molecule has 1 heterocycles. The van der Waals surface area contributed by atoms with Crippen molar-refractivity contribution in [2.45, 2.75) is 32.7 Å². The number of aryl methyl sites for hydroxylation is 2. The first-order valence-corrected chi connectivity index (χ1v) is 9.87. The lowest BCUT2D eigenvalue weighted by Gasteiger charge is -2.34. The molecule has 2 amide bonds. The summed E-state index contributed by atoms with van der Waals surface area (Å²) in [6.07, 6.45) is 2.14. The number of carbonyl (C=O) groups excluding carboxylic acids is 2. The first-order valence-electron chi connectivity index (χ1n) is 9.87. The van der Waals surface area contributed by atoms with Crippen molar-refractivity contribution in [2.24, 2.45) is 0 Å². The van der Waals surface area contributed by atoms with Crippen LogP contribution in [0.2, 0.25) is 0 Å². The van der Waals surface area contributed by atoms with Gasteiger partial charge in [0.2, 0.25) is 5.91 Å². The zero-order valence-electron chi connectivity index (χ0n) is 16.1. The normalized spacial score (nSPS) is 16.9. The van der Waals surface area contributed by atoms with Crippen LogP contribution in [-0.4, -0.2) is 60.4 Å². The van der Waals surface area contributed by atoms with Gasteiger partial charge in [0.25, 0.3) is 5.91 Å². The molecule has 0 radical (unpaired) electrons. The average molecular weight is 365 g/mol. The molecule has 5 heteroatoms. The molecule has 1 N–H and O–H groups in total. The van der Waals surface area contributed by atoms with E-state index in [-0.39, 0.29) is 17.9 Å². The zero-order chi connectivity index (χ0) is 19.0. The van der Waals surface area contributed by atoms with Gasteiger partial charge in [-0.1, -0.05) is 24.3 Å². The van der Waals surface area contributed by atoms with Gasteiger partial charge in [0, 0.05) is 37.8 Å². The molecule has 1 saturated heterocycles. The summed E-state index contributed by atoms with van der Waals surface area (Å²) in [6.45, 7) is 7.13. The summed E-state index contributed by atoms with van der Waals surface area (Å²) in [7, 11) is 0. The third-order valence-corrected chi connectivity index (χ3v) is 5.58. The number of hydrogen-bond donors (Lipinski definition) is 1. The summed E-state index contributed by atoms with van der Waals surface area (Å²) >= 11 is 0. The Hall–Kier alpha value is -2.40. The Morgan fingerprint density at radius 3 is 2.41 bits per heavy atom. The summed E-state index contributed by atoms with van der Waals surface area (Å²) in [5.41, 5.74) is 3.53. The molecule has 0 atom stereocenters. The van der Waals surface area contributed by atoms with Gasteiger partial charge in [0.1, 0.15) is 0 Å². The molecule has 0 saturated carbocycles. The van der Waals surface area contributed by atoms with Crippen LogP contribution in [0.4, 0.5) is 0 Å². The first kappa shape index (κ1) is 18.0. The minimum atomic E-state index is 0.0530. The van der Waals surface area contributed by atoms with Crippen LogP contribution < -0.4 is 5.32 Å². The largest absolute Gasteiger partial charge is 0.353 e. The van der Waals surface area contributed by atoms with Crippen molar-refractivity contribution in [3.8, 4) is 0 Å². The minimum Gasteiger partial charge on any atom is -0.353 e. The molecule has 0 bridgehead atoms. The van der Waals surface area contributed by atoms with Crippen LogP contribution in [0, 0.1) is 0 Å². The fraction of sp³-hybridized carbons (Fsp3) is 0.455. The maximum atomic E-state index is 13.2. The van der Waals surface area contributed by atoms with Crippen molar-refractivity contribution in [1.29, 1.82) is 0 Å². The lowest BCUT2D eigenvalue weighted by Crippen LogP contribution is -2.51. The highest BCUT2D eigenvalue weighted by atomic mass is 16.2. The molecule has 1 fully saturated rings. The molecular formula is C22H27N3O2. The molecule has 0 unspecified atom stereocenters. The van der Waals surface area contributed by atoms with Crippen LogP contribution >= 0.6 is 0 Å². The molecule has 5 nitrogen and oxygen atoms in total. The van der Waals surface area contributed by atoms with E-state index in [2.05, 4.69) is 34.5 Å². The van der Waals surface area contributed by atoms with Crippen LogP contribution in [0.15, 0.2) is 30.3 Å². The average Bonchev–Trinajstić information content (AvgIpc) is 3.07. The maximum Gasteiger partial charge on any atom is 0.254 e. The van der Waals surface area contributed by atoms with Gasteiger partial charge in [0.05, 0.1) is 6.54 Å². The highest BCUT2D eigenvalue weighted by Crippen LogP contribution is 2.33. The van der Waals surface area contributed by atoms with E-state index >= 15 is 0 Å². The van der Waals surface area contributed by atoms with E-state index in [4.69, 9.17) is 0 Å². The number of rotatable bonds is 4. The van der Waals surface area contributed by atoms with Gasteiger partial charge in [0.15, 0.2) is 0 Å². The number of benzene rings is 2. The highest BCUT2D eigenvalue weighted by molar-refractivity contribution is 6.09. The van der Waals surface area contributed by atoms with Gasteiger partial charge in [-0.15, -0.1) is 0 Å². The minimum absolute atomic E-state index is 0.0530. The van der Waals surface area contributed by atoms with Gasteiger partial charge in [-0.2, -0.15) is 0 Å². The standard InChI is InChI=1S/C22H27N3O2/c1-15(2)23-20(26)14-24-10-12-25(13-11-24)22(27)19-9-8-17-7-6-16-4-3-5-18(19)21(16)17/h3-5,8-9,15H,6-7,10-14H2,1-2H3,(H,23,26). The summed E-state index contributed by atoms with van der Waals surface area (Å²) in [6, 6.07) is 10.6. The number of nitrogens with one attached hydrogen (secondary N) is 1. The van der Waals surface area contributed by atoms with Gasteiger partial charge in [-0.3, -0.25) is 14.5 Å². The Morgan fingerprint density at radius 1 is 1.00 bits per heavy atom. The summed E-state index contributed by atoms with van der Waals surface area (Å²) < 4.78 is 0. The van der Waals surface area contributed by atoms with Crippen molar-refractivity contribution in [3.05, 3.63) is 47.0 Å². The Bertz CT molecular complexity index is 872. The molecule has 2 aromatic rings. The molecule has 1 aliphatic heterocycles. The van der Waals surface area contributed by atoms with Crippen LogP contribution in [0.5, 0.6) is 0 Å². The number of carbonyl (C=O) groups is 2. The second-order valence-corrected chi connectivity index (χ2v) is 7.90. The second-order valence-electron chi connectivity index (χ2n) is 7.90. The smallest absolute Gasteiger partial charge is 0.254 e. The first-order chi connectivity index (χ1) is 13.0. The van der Waals surface area contributed by atoms with E-state index in [1.807, 2.05) is 24.8 Å². The van der Waals surface area contributed by atoms with Gasteiger partial charge >= 0.3 is 0 Å². The van der Waals surface area contributed by atoms with Crippen LogP contribution in [0.3, 0.4) is 0 Å². The molecular weight excluding hydrogens is 338 g/mol. The molecule has 2 aromatic carbocycles. The van der Waals surface area contributed by atoms with Gasteiger partial charge in [-0.05, 0) is 54.7 Å². The molecule has 27 heavy (non-hydrogen) atoms. The van der Waals surface area contributed by atoms with Crippen molar-refractivity contribution in [2.75, 3.05) is 32.7 Å². The third kappa shape index (κ3) is 3.56. The van der Waals surface area contributed by atoms with Gasteiger partial charge < -0.3 is 10.2 Å². The highest BCUT2D eigenvalue weighted by Gasteiger charge is 2.26. The van der Waals surface area contributed by atoms with E-state index in [9.17, 15) is 9.59 Å². The van der Waals surface area contributed by atoms with Crippen LogP contribution in [-0.2, 0) is 17.6 Å². The van der Waals surface area contributed by atoms with Crippen molar-refractivity contribution in [1.82, 2.24) is 15.1 Å². The van der Waals surface area contributed by atoms with Crippen LogP contribution in [0.25, 0.3) is 10.8 Å². The summed E-state index contributed by atoms with van der Waals surface area (Å²) in [5.74, 6) is 0.161. The Balaban J connectivity index is 1.45. The van der Waals surface area contributed by atoms with Gasteiger partial charge in [-0.25, -0.2) is 0 Å². The maximum absolute atomic E-state index is 13.2. The fourth-order valence-electron chi connectivity index (χ4n) is 4.28. The number of nitrogens with zero attached hydrogens (tertiary/aromatic N) is 2. The Labute approximate surface area is 160 Å². The van der Waals surface area contributed by atoms with E-state index in [1.165, 1.54) is 16.5 Å². The zero-order valence-corrected chi connectivity index (χ0v) is 16.1. The third-order valence-electron chi connectivity index (χ3n) is 5.58. The van der Waals surface area contributed by atoms with E-state index in [0.29, 0.717) is 19.6 Å².